The monoisotopic (exact) mass is 358 g/mol. The van der Waals surface area contributed by atoms with E-state index in [9.17, 15) is 9.59 Å². The van der Waals surface area contributed by atoms with E-state index < -0.39 is 5.92 Å². The number of fused-ring (bicyclic) bond motifs is 1. The second-order valence-corrected chi connectivity index (χ2v) is 6.86. The summed E-state index contributed by atoms with van der Waals surface area (Å²) in [5.41, 5.74) is 3.44. The zero-order valence-electron chi connectivity index (χ0n) is 14.6. The summed E-state index contributed by atoms with van der Waals surface area (Å²) in [6.07, 6.45) is 3.82. The third kappa shape index (κ3) is 2.44. The number of carbonyl (C=O) groups excluding carboxylic acids is 1. The SMILES string of the molecule is O=C1CCCC2=C1[C@@H](c1ccccn1)c1c([nH]n(-c3ccccc3)c1=O)N2. The van der Waals surface area contributed by atoms with E-state index in [1.54, 1.807) is 6.20 Å². The minimum Gasteiger partial charge on any atom is -0.343 e. The van der Waals surface area contributed by atoms with Crippen molar-refractivity contribution in [3.63, 3.8) is 0 Å². The summed E-state index contributed by atoms with van der Waals surface area (Å²) >= 11 is 0. The van der Waals surface area contributed by atoms with Crippen LogP contribution in [0.3, 0.4) is 0 Å². The van der Waals surface area contributed by atoms with Crippen molar-refractivity contribution in [1.29, 1.82) is 0 Å². The van der Waals surface area contributed by atoms with Crippen LogP contribution in [0.1, 0.15) is 36.4 Å². The maximum atomic E-state index is 13.3. The molecule has 0 amide bonds. The highest BCUT2D eigenvalue weighted by atomic mass is 16.1. The molecule has 6 nitrogen and oxygen atoms in total. The molecule has 0 spiro atoms. The topological polar surface area (TPSA) is 79.8 Å². The molecule has 1 atom stereocenters. The fraction of sp³-hybridized carbons (Fsp3) is 0.190. The third-order valence-corrected chi connectivity index (χ3v) is 5.23. The predicted octanol–water partition coefficient (Wildman–Crippen LogP) is 3.13. The van der Waals surface area contributed by atoms with E-state index >= 15 is 0 Å². The zero-order valence-corrected chi connectivity index (χ0v) is 14.6. The van der Waals surface area contributed by atoms with Crippen LogP contribution in [0.5, 0.6) is 0 Å². The average Bonchev–Trinajstić information content (AvgIpc) is 3.04. The summed E-state index contributed by atoms with van der Waals surface area (Å²) in [6, 6.07) is 15.0. The molecule has 0 fully saturated rings. The molecule has 0 saturated carbocycles. The van der Waals surface area contributed by atoms with Gasteiger partial charge in [-0.1, -0.05) is 24.3 Å². The van der Waals surface area contributed by atoms with Crippen LogP contribution < -0.4 is 10.9 Å². The summed E-state index contributed by atoms with van der Waals surface area (Å²) < 4.78 is 1.52. The maximum Gasteiger partial charge on any atom is 0.277 e. The Morgan fingerprint density at radius 3 is 2.59 bits per heavy atom. The zero-order chi connectivity index (χ0) is 18.4. The maximum absolute atomic E-state index is 13.3. The second kappa shape index (κ2) is 6.09. The van der Waals surface area contributed by atoms with Gasteiger partial charge in [0.25, 0.3) is 5.56 Å². The van der Waals surface area contributed by atoms with Crippen molar-refractivity contribution in [2.45, 2.75) is 25.2 Å². The van der Waals surface area contributed by atoms with Crippen molar-refractivity contribution in [2.24, 2.45) is 0 Å². The highest BCUT2D eigenvalue weighted by molar-refractivity contribution is 6.00. The number of anilines is 1. The fourth-order valence-electron chi connectivity index (χ4n) is 4.04. The second-order valence-electron chi connectivity index (χ2n) is 6.86. The van der Waals surface area contributed by atoms with E-state index in [1.807, 2.05) is 48.5 Å². The van der Waals surface area contributed by atoms with Gasteiger partial charge in [-0.15, -0.1) is 0 Å². The Hall–Kier alpha value is -3.41. The number of benzene rings is 1. The summed E-state index contributed by atoms with van der Waals surface area (Å²) in [6.45, 7) is 0. The molecule has 27 heavy (non-hydrogen) atoms. The van der Waals surface area contributed by atoms with Crippen molar-refractivity contribution in [3.8, 4) is 5.69 Å². The number of aromatic amines is 1. The van der Waals surface area contributed by atoms with E-state index in [2.05, 4.69) is 15.4 Å². The molecule has 134 valence electrons. The Bertz CT molecular complexity index is 1110. The molecule has 0 bridgehead atoms. The number of aromatic nitrogens is 3. The average molecular weight is 358 g/mol. The number of Topliss-reactive ketones (excluding diaryl/α,β-unsaturated/α-hetero) is 1. The van der Waals surface area contributed by atoms with Crippen molar-refractivity contribution in [3.05, 3.63) is 87.6 Å². The number of nitrogens with zero attached hydrogens (tertiary/aromatic N) is 2. The number of H-pyrrole nitrogens is 1. The Morgan fingerprint density at radius 1 is 1.00 bits per heavy atom. The predicted molar refractivity (Wildman–Crippen MR) is 102 cm³/mol. The van der Waals surface area contributed by atoms with Crippen molar-refractivity contribution < 1.29 is 4.79 Å². The smallest absolute Gasteiger partial charge is 0.277 e. The lowest BCUT2D eigenvalue weighted by Crippen LogP contribution is -2.30. The van der Waals surface area contributed by atoms with Crippen molar-refractivity contribution >= 4 is 11.6 Å². The van der Waals surface area contributed by atoms with Gasteiger partial charge in [0.2, 0.25) is 0 Å². The van der Waals surface area contributed by atoms with Crippen LogP contribution in [-0.4, -0.2) is 20.5 Å². The van der Waals surface area contributed by atoms with E-state index in [-0.39, 0.29) is 11.3 Å². The Morgan fingerprint density at radius 2 is 1.81 bits per heavy atom. The highest BCUT2D eigenvalue weighted by Crippen LogP contribution is 2.42. The van der Waals surface area contributed by atoms with Crippen LogP contribution in [0.15, 0.2) is 70.8 Å². The van der Waals surface area contributed by atoms with Crippen LogP contribution in [0.25, 0.3) is 5.69 Å². The number of allylic oxidation sites excluding steroid dienone is 2. The molecule has 0 radical (unpaired) electrons. The van der Waals surface area contributed by atoms with Gasteiger partial charge in [-0.3, -0.25) is 19.7 Å². The molecule has 6 heteroatoms. The largest absolute Gasteiger partial charge is 0.343 e. The summed E-state index contributed by atoms with van der Waals surface area (Å²) in [4.78, 5) is 30.5. The van der Waals surface area contributed by atoms with Gasteiger partial charge in [0.1, 0.15) is 5.82 Å². The van der Waals surface area contributed by atoms with Gasteiger partial charge < -0.3 is 5.32 Å². The molecule has 0 unspecified atom stereocenters. The Balaban J connectivity index is 1.75. The number of para-hydroxylation sites is 1. The summed E-state index contributed by atoms with van der Waals surface area (Å²) in [5.74, 6) is 0.295. The minimum atomic E-state index is -0.445. The number of hydrogen-bond donors (Lipinski definition) is 2. The van der Waals surface area contributed by atoms with Crippen LogP contribution in [0.2, 0.25) is 0 Å². The third-order valence-electron chi connectivity index (χ3n) is 5.23. The number of carbonyl (C=O) groups is 1. The number of ketones is 1. The summed E-state index contributed by atoms with van der Waals surface area (Å²) in [5, 5.41) is 6.50. The minimum absolute atomic E-state index is 0.0944. The van der Waals surface area contributed by atoms with Gasteiger partial charge in [-0.05, 0) is 37.1 Å². The molecule has 3 heterocycles. The number of rotatable bonds is 2. The Kier molecular flexibility index (Phi) is 3.57. The quantitative estimate of drug-likeness (QED) is 0.738. The lowest BCUT2D eigenvalue weighted by molar-refractivity contribution is -0.116. The molecule has 2 N–H and O–H groups in total. The lowest BCUT2D eigenvalue weighted by atomic mass is 9.78. The van der Waals surface area contributed by atoms with Crippen LogP contribution >= 0.6 is 0 Å². The first-order valence-corrected chi connectivity index (χ1v) is 9.08. The molecule has 2 aromatic heterocycles. The number of hydrogen-bond acceptors (Lipinski definition) is 4. The molecule has 1 aliphatic carbocycles. The number of pyridine rings is 1. The molecule has 5 rings (SSSR count). The van der Waals surface area contributed by atoms with Crippen molar-refractivity contribution in [1.82, 2.24) is 14.8 Å². The number of nitrogens with one attached hydrogen (secondary N) is 2. The first kappa shape index (κ1) is 15.8. The highest BCUT2D eigenvalue weighted by Gasteiger charge is 2.39. The van der Waals surface area contributed by atoms with E-state index in [4.69, 9.17) is 0 Å². The molecule has 1 aromatic carbocycles. The fourth-order valence-corrected chi connectivity index (χ4v) is 4.04. The molecular weight excluding hydrogens is 340 g/mol. The molecule has 3 aromatic rings. The summed E-state index contributed by atoms with van der Waals surface area (Å²) in [7, 11) is 0. The first-order valence-electron chi connectivity index (χ1n) is 9.08. The van der Waals surface area contributed by atoms with Gasteiger partial charge in [-0.25, -0.2) is 4.68 Å². The first-order chi connectivity index (χ1) is 13.2. The van der Waals surface area contributed by atoms with Crippen LogP contribution in [0.4, 0.5) is 5.82 Å². The van der Waals surface area contributed by atoms with Crippen molar-refractivity contribution in [2.75, 3.05) is 5.32 Å². The van der Waals surface area contributed by atoms with Gasteiger partial charge in [-0.2, -0.15) is 0 Å². The molecule has 2 aliphatic rings. The van der Waals surface area contributed by atoms with E-state index in [0.29, 0.717) is 23.4 Å². The lowest BCUT2D eigenvalue weighted by Gasteiger charge is -2.30. The normalized spacial score (nSPS) is 18.7. The van der Waals surface area contributed by atoms with E-state index in [0.717, 1.165) is 29.9 Å². The van der Waals surface area contributed by atoms with Gasteiger partial charge in [0.05, 0.1) is 22.9 Å². The molecular formula is C21H18N4O2. The van der Waals surface area contributed by atoms with E-state index in [1.165, 1.54) is 4.68 Å². The standard InChI is InChI=1S/C21H18N4O2/c26-16-11-6-10-15-17(16)18(14-9-4-5-12-22-14)19-20(23-15)24-25(21(19)27)13-7-2-1-3-8-13/h1-5,7-9,12,18,23-24H,6,10-11H2/t18-/m1/s1. The van der Waals surface area contributed by atoms with Crippen LogP contribution in [-0.2, 0) is 4.79 Å². The van der Waals surface area contributed by atoms with Gasteiger partial charge in [0.15, 0.2) is 5.78 Å². The Labute approximate surface area is 155 Å². The van der Waals surface area contributed by atoms with Crippen LogP contribution in [0, 0.1) is 0 Å². The van der Waals surface area contributed by atoms with Gasteiger partial charge >= 0.3 is 0 Å². The van der Waals surface area contributed by atoms with Gasteiger partial charge in [0, 0.05) is 23.9 Å². The molecule has 0 saturated heterocycles. The molecule has 1 aliphatic heterocycles.